The topological polar surface area (TPSA) is 68.6 Å². The summed E-state index contributed by atoms with van der Waals surface area (Å²) in [4.78, 5) is 12.3. The largest absolute Gasteiger partial charge is 0.490 e. The maximum atomic E-state index is 13.0. The van der Waals surface area contributed by atoms with Crippen molar-refractivity contribution < 1.29 is 13.2 Å². The molecule has 0 amide bonds. The molecule has 1 aliphatic heterocycles. The third kappa shape index (κ3) is 4.09. The quantitative estimate of drug-likeness (QED) is 0.805. The van der Waals surface area contributed by atoms with E-state index in [2.05, 4.69) is 0 Å². The first-order valence-electron chi connectivity index (χ1n) is 9.10. The van der Waals surface area contributed by atoms with Crippen molar-refractivity contribution in [1.82, 2.24) is 8.87 Å². The van der Waals surface area contributed by atoms with Crippen LogP contribution in [-0.4, -0.2) is 36.5 Å². The number of pyridine rings is 1. The van der Waals surface area contributed by atoms with E-state index in [4.69, 9.17) is 4.74 Å². The van der Waals surface area contributed by atoms with Crippen LogP contribution in [0, 0.1) is 20.8 Å². The lowest BCUT2D eigenvalue weighted by Gasteiger charge is -2.32. The van der Waals surface area contributed by atoms with Crippen LogP contribution in [0.3, 0.4) is 0 Å². The normalized spacial score (nSPS) is 16.4. The lowest BCUT2D eigenvalue weighted by atomic mass is 10.1. The van der Waals surface area contributed by atoms with E-state index in [0.717, 1.165) is 16.8 Å². The van der Waals surface area contributed by atoms with Gasteiger partial charge in [-0.1, -0.05) is 12.1 Å². The Morgan fingerprint density at radius 2 is 1.70 bits per heavy atom. The van der Waals surface area contributed by atoms with E-state index in [-0.39, 0.29) is 11.7 Å². The number of benzene rings is 1. The number of aryl methyl sites for hydroxylation is 3. The Labute approximate surface area is 160 Å². The summed E-state index contributed by atoms with van der Waals surface area (Å²) < 4.78 is 35.0. The van der Waals surface area contributed by atoms with Gasteiger partial charge in [0.05, 0.1) is 4.90 Å². The number of hydrogen-bond acceptors (Lipinski definition) is 4. The van der Waals surface area contributed by atoms with Crippen LogP contribution in [0.25, 0.3) is 0 Å². The number of nitrogens with zero attached hydrogens (tertiary/aromatic N) is 2. The van der Waals surface area contributed by atoms with Crippen molar-refractivity contribution >= 4 is 10.0 Å². The molecule has 2 aromatic rings. The molecule has 1 saturated heterocycles. The number of ether oxygens (including phenoxy) is 1. The van der Waals surface area contributed by atoms with E-state index < -0.39 is 10.0 Å². The zero-order valence-corrected chi connectivity index (χ0v) is 17.0. The highest BCUT2D eigenvalue weighted by atomic mass is 32.2. The molecule has 1 aromatic carbocycles. The van der Waals surface area contributed by atoms with E-state index in [1.807, 2.05) is 39.0 Å². The second-order valence-electron chi connectivity index (χ2n) is 7.22. The highest BCUT2D eigenvalue weighted by molar-refractivity contribution is 7.89. The molecule has 0 saturated carbocycles. The van der Waals surface area contributed by atoms with Gasteiger partial charge in [0, 0.05) is 31.9 Å². The lowest BCUT2D eigenvalue weighted by molar-refractivity contribution is 0.134. The second-order valence-corrected chi connectivity index (χ2v) is 9.13. The van der Waals surface area contributed by atoms with E-state index >= 15 is 0 Å². The standard InChI is InChI=1S/C20H26N2O4S/c1-14-5-6-15(2)19(11-14)27(24,25)22-9-7-17(8-10-22)26-18-12-16(3)21(4)20(23)13-18/h5-6,11-13,17H,7-10H2,1-4H3. The Hall–Kier alpha value is -2.12. The molecule has 1 aromatic heterocycles. The third-order valence-corrected chi connectivity index (χ3v) is 7.18. The predicted molar refractivity (Wildman–Crippen MR) is 105 cm³/mol. The molecule has 0 N–H and O–H groups in total. The Kier molecular flexibility index (Phi) is 5.44. The first-order valence-corrected chi connectivity index (χ1v) is 10.5. The van der Waals surface area contributed by atoms with Crippen LogP contribution < -0.4 is 10.3 Å². The van der Waals surface area contributed by atoms with Crippen LogP contribution in [0.5, 0.6) is 5.75 Å². The molecule has 146 valence electrons. The number of rotatable bonds is 4. The van der Waals surface area contributed by atoms with Gasteiger partial charge in [-0.05, 0) is 56.9 Å². The molecule has 1 fully saturated rings. The smallest absolute Gasteiger partial charge is 0.254 e. The zero-order chi connectivity index (χ0) is 19.8. The van der Waals surface area contributed by atoms with Crippen molar-refractivity contribution in [1.29, 1.82) is 0 Å². The van der Waals surface area contributed by atoms with E-state index in [0.29, 0.717) is 36.6 Å². The average Bonchev–Trinajstić information content (AvgIpc) is 2.62. The van der Waals surface area contributed by atoms with Crippen molar-refractivity contribution in [2.75, 3.05) is 13.1 Å². The predicted octanol–water partition coefficient (Wildman–Crippen LogP) is 2.54. The Morgan fingerprint density at radius 1 is 1.04 bits per heavy atom. The van der Waals surface area contributed by atoms with Gasteiger partial charge < -0.3 is 9.30 Å². The average molecular weight is 391 g/mol. The molecule has 0 bridgehead atoms. The van der Waals surface area contributed by atoms with Crippen LogP contribution in [0.15, 0.2) is 40.0 Å². The van der Waals surface area contributed by atoms with Gasteiger partial charge in [0.25, 0.3) is 5.56 Å². The molecule has 3 rings (SSSR count). The number of piperidine rings is 1. The van der Waals surface area contributed by atoms with E-state index in [1.165, 1.54) is 10.4 Å². The van der Waals surface area contributed by atoms with Crippen molar-refractivity contribution in [3.63, 3.8) is 0 Å². The number of hydrogen-bond donors (Lipinski definition) is 0. The Bertz CT molecular complexity index is 1000. The molecule has 0 radical (unpaired) electrons. The van der Waals surface area contributed by atoms with E-state index in [9.17, 15) is 13.2 Å². The minimum atomic E-state index is -3.51. The van der Waals surface area contributed by atoms with Gasteiger partial charge in [-0.3, -0.25) is 4.79 Å². The third-order valence-electron chi connectivity index (χ3n) is 5.14. The molecular formula is C20H26N2O4S. The fourth-order valence-electron chi connectivity index (χ4n) is 3.31. The summed E-state index contributed by atoms with van der Waals surface area (Å²) in [5, 5.41) is 0. The Balaban J connectivity index is 1.70. The summed E-state index contributed by atoms with van der Waals surface area (Å²) in [7, 11) is -1.79. The van der Waals surface area contributed by atoms with Crippen molar-refractivity contribution in [3.8, 4) is 5.75 Å². The summed E-state index contributed by atoms with van der Waals surface area (Å²) in [6, 6.07) is 8.81. The van der Waals surface area contributed by atoms with E-state index in [1.54, 1.807) is 17.7 Å². The molecule has 0 aliphatic carbocycles. The van der Waals surface area contributed by atoms with Gasteiger partial charge in [0.1, 0.15) is 11.9 Å². The molecule has 0 atom stereocenters. The molecule has 7 heteroatoms. The number of aromatic nitrogens is 1. The van der Waals surface area contributed by atoms with Gasteiger partial charge in [-0.15, -0.1) is 0 Å². The first kappa shape index (κ1) is 19.6. The van der Waals surface area contributed by atoms with Crippen LogP contribution in [0.4, 0.5) is 0 Å². The van der Waals surface area contributed by atoms with Gasteiger partial charge >= 0.3 is 0 Å². The SMILES string of the molecule is Cc1ccc(C)c(S(=O)(=O)N2CCC(Oc3cc(C)n(C)c(=O)c3)CC2)c1. The van der Waals surface area contributed by atoms with Crippen LogP contribution in [0.2, 0.25) is 0 Å². The fourth-order valence-corrected chi connectivity index (χ4v) is 5.09. The van der Waals surface area contributed by atoms with Gasteiger partial charge in [0.2, 0.25) is 10.0 Å². The van der Waals surface area contributed by atoms with Crippen molar-refractivity contribution in [2.45, 2.75) is 44.6 Å². The molecule has 2 heterocycles. The highest BCUT2D eigenvalue weighted by Gasteiger charge is 2.31. The zero-order valence-electron chi connectivity index (χ0n) is 16.2. The van der Waals surface area contributed by atoms with Crippen molar-refractivity contribution in [3.05, 3.63) is 57.5 Å². The maximum Gasteiger partial charge on any atom is 0.254 e. The summed E-state index contributed by atoms with van der Waals surface area (Å²) in [6.07, 6.45) is 1.10. The molecule has 0 unspecified atom stereocenters. The summed E-state index contributed by atoms with van der Waals surface area (Å²) in [6.45, 7) is 6.38. The monoisotopic (exact) mass is 390 g/mol. The second kappa shape index (κ2) is 7.48. The van der Waals surface area contributed by atoms with Gasteiger partial charge in [-0.2, -0.15) is 4.31 Å². The number of sulfonamides is 1. The van der Waals surface area contributed by atoms with Gasteiger partial charge in [-0.25, -0.2) is 8.42 Å². The highest BCUT2D eigenvalue weighted by Crippen LogP contribution is 2.26. The minimum absolute atomic E-state index is 0.0958. The molecule has 0 spiro atoms. The van der Waals surface area contributed by atoms with Crippen molar-refractivity contribution in [2.24, 2.45) is 7.05 Å². The van der Waals surface area contributed by atoms with Crippen LogP contribution in [-0.2, 0) is 17.1 Å². The van der Waals surface area contributed by atoms with Crippen LogP contribution in [0.1, 0.15) is 29.7 Å². The summed E-state index contributed by atoms with van der Waals surface area (Å²) in [5.74, 6) is 0.548. The molecule has 6 nitrogen and oxygen atoms in total. The van der Waals surface area contributed by atoms with Gasteiger partial charge in [0.15, 0.2) is 0 Å². The first-order chi connectivity index (χ1) is 12.7. The summed E-state index contributed by atoms with van der Waals surface area (Å²) >= 11 is 0. The minimum Gasteiger partial charge on any atom is -0.490 e. The summed E-state index contributed by atoms with van der Waals surface area (Å²) in [5.41, 5.74) is 2.40. The fraction of sp³-hybridized carbons (Fsp3) is 0.450. The Morgan fingerprint density at radius 3 is 2.33 bits per heavy atom. The lowest BCUT2D eigenvalue weighted by Crippen LogP contribution is -2.42. The van der Waals surface area contributed by atoms with Crippen LogP contribution >= 0.6 is 0 Å². The molecule has 1 aliphatic rings. The molecular weight excluding hydrogens is 364 g/mol. The molecule has 27 heavy (non-hydrogen) atoms. The maximum absolute atomic E-state index is 13.0.